The van der Waals surface area contributed by atoms with E-state index in [-0.39, 0.29) is 12.5 Å². The fourth-order valence-corrected chi connectivity index (χ4v) is 2.55. The summed E-state index contributed by atoms with van der Waals surface area (Å²) in [5.41, 5.74) is 5.58. The van der Waals surface area contributed by atoms with Gasteiger partial charge >= 0.3 is 0 Å². The summed E-state index contributed by atoms with van der Waals surface area (Å²) in [7, 11) is 0. The number of halogens is 1. The summed E-state index contributed by atoms with van der Waals surface area (Å²) in [6, 6.07) is 25.3. The Morgan fingerprint density at radius 3 is 2.27 bits per heavy atom. The number of rotatable bonds is 6. The summed E-state index contributed by atoms with van der Waals surface area (Å²) in [5, 5.41) is 3.92. The molecule has 0 saturated heterocycles. The molecular weight excluding hydrogens is 392 g/mol. The third-order valence-electron chi connectivity index (χ3n) is 3.60. The fraction of sp³-hybridized carbons (Fsp3) is 0.0476. The van der Waals surface area contributed by atoms with Crippen LogP contribution in [-0.2, 0) is 4.79 Å². The van der Waals surface area contributed by atoms with E-state index < -0.39 is 0 Å². The lowest BCUT2D eigenvalue weighted by atomic mass is 10.1. The van der Waals surface area contributed by atoms with E-state index in [4.69, 9.17) is 4.74 Å². The largest absolute Gasteiger partial charge is 0.484 e. The van der Waals surface area contributed by atoms with Gasteiger partial charge in [0.2, 0.25) is 0 Å². The van der Waals surface area contributed by atoms with Crippen molar-refractivity contribution in [3.05, 3.63) is 88.9 Å². The maximum atomic E-state index is 11.8. The first kappa shape index (κ1) is 17.9. The average molecular weight is 409 g/mol. The van der Waals surface area contributed by atoms with Crippen LogP contribution in [0.4, 0.5) is 0 Å². The van der Waals surface area contributed by atoms with Crippen LogP contribution in [0.25, 0.3) is 11.1 Å². The van der Waals surface area contributed by atoms with E-state index in [0.717, 1.165) is 21.2 Å². The normalized spacial score (nSPS) is 10.7. The Balaban J connectivity index is 1.47. The van der Waals surface area contributed by atoms with Crippen LogP contribution in [0.1, 0.15) is 5.56 Å². The molecule has 0 fully saturated rings. The molecule has 0 aromatic heterocycles. The van der Waals surface area contributed by atoms with Crippen LogP contribution >= 0.6 is 15.9 Å². The second kappa shape index (κ2) is 8.97. The maximum Gasteiger partial charge on any atom is 0.277 e. The molecule has 130 valence electrons. The second-order valence-electron chi connectivity index (χ2n) is 5.52. The van der Waals surface area contributed by atoms with Crippen LogP contribution in [0.2, 0.25) is 0 Å². The first-order valence-electron chi connectivity index (χ1n) is 8.06. The van der Waals surface area contributed by atoms with Crippen molar-refractivity contribution in [1.82, 2.24) is 5.43 Å². The number of benzene rings is 3. The molecule has 5 heteroatoms. The molecule has 0 bridgehead atoms. The minimum absolute atomic E-state index is 0.0949. The van der Waals surface area contributed by atoms with Crippen LogP contribution in [0, 0.1) is 0 Å². The highest BCUT2D eigenvalue weighted by atomic mass is 79.9. The average Bonchev–Trinajstić information content (AvgIpc) is 2.69. The summed E-state index contributed by atoms with van der Waals surface area (Å²) in [6.45, 7) is -0.0949. The molecule has 0 spiro atoms. The Hall–Kier alpha value is -2.92. The highest BCUT2D eigenvalue weighted by molar-refractivity contribution is 9.10. The summed E-state index contributed by atoms with van der Waals surface area (Å²) in [6.07, 6.45) is 1.58. The van der Waals surface area contributed by atoms with Gasteiger partial charge in [0.1, 0.15) is 5.75 Å². The van der Waals surface area contributed by atoms with Crippen molar-refractivity contribution < 1.29 is 9.53 Å². The molecule has 0 saturated carbocycles. The maximum absolute atomic E-state index is 11.8. The molecule has 1 N–H and O–H groups in total. The van der Waals surface area contributed by atoms with Crippen LogP contribution in [0.5, 0.6) is 5.75 Å². The number of hydrogen-bond donors (Lipinski definition) is 1. The monoisotopic (exact) mass is 408 g/mol. The van der Waals surface area contributed by atoms with Gasteiger partial charge in [-0.3, -0.25) is 4.79 Å². The van der Waals surface area contributed by atoms with Crippen molar-refractivity contribution in [3.8, 4) is 16.9 Å². The minimum Gasteiger partial charge on any atom is -0.484 e. The first-order chi connectivity index (χ1) is 12.7. The van der Waals surface area contributed by atoms with Crippen molar-refractivity contribution in [2.24, 2.45) is 5.10 Å². The molecule has 0 heterocycles. The van der Waals surface area contributed by atoms with E-state index in [1.807, 2.05) is 78.9 Å². The van der Waals surface area contributed by atoms with Crippen LogP contribution in [0.15, 0.2) is 88.4 Å². The summed E-state index contributed by atoms with van der Waals surface area (Å²) in [5.74, 6) is 0.321. The number of nitrogens with zero attached hydrogens (tertiary/aromatic N) is 1. The van der Waals surface area contributed by atoms with Gasteiger partial charge in [0.25, 0.3) is 5.91 Å². The van der Waals surface area contributed by atoms with Crippen molar-refractivity contribution in [2.45, 2.75) is 0 Å². The Bertz CT molecular complexity index is 876. The van der Waals surface area contributed by atoms with Crippen LogP contribution < -0.4 is 10.2 Å². The third kappa shape index (κ3) is 5.29. The smallest absolute Gasteiger partial charge is 0.277 e. The first-order valence-corrected chi connectivity index (χ1v) is 8.86. The van der Waals surface area contributed by atoms with E-state index >= 15 is 0 Å². The summed E-state index contributed by atoms with van der Waals surface area (Å²) >= 11 is 3.37. The fourth-order valence-electron chi connectivity index (χ4n) is 2.28. The number of carbonyl (C=O) groups excluding carboxylic acids is 1. The molecule has 3 rings (SSSR count). The van der Waals surface area contributed by atoms with E-state index in [1.165, 1.54) is 0 Å². The SMILES string of the molecule is O=C(COc1ccc(-c2ccccc2)cc1)N/N=C/c1ccc(Br)cc1. The molecule has 0 aliphatic rings. The molecule has 1 amide bonds. The van der Waals surface area contributed by atoms with Gasteiger partial charge in [-0.2, -0.15) is 5.10 Å². The summed E-state index contributed by atoms with van der Waals surface area (Å²) in [4.78, 5) is 11.8. The van der Waals surface area contributed by atoms with Crippen molar-refractivity contribution in [3.63, 3.8) is 0 Å². The van der Waals surface area contributed by atoms with E-state index in [2.05, 4.69) is 26.5 Å². The molecule has 0 aliphatic heterocycles. The lowest BCUT2D eigenvalue weighted by molar-refractivity contribution is -0.123. The molecule has 0 aliphatic carbocycles. The number of hydrogen-bond acceptors (Lipinski definition) is 3. The standard InChI is InChI=1S/C21H17BrN2O2/c22-19-10-6-16(7-11-19)14-23-24-21(25)15-26-20-12-8-18(9-13-20)17-4-2-1-3-5-17/h1-14H,15H2,(H,24,25)/b23-14+. The number of ether oxygens (including phenoxy) is 1. The predicted octanol–water partition coefficient (Wildman–Crippen LogP) is 4.65. The molecule has 3 aromatic rings. The minimum atomic E-state index is -0.314. The number of amides is 1. The van der Waals surface area contributed by atoms with Gasteiger partial charge in [0.05, 0.1) is 6.21 Å². The zero-order chi connectivity index (χ0) is 18.2. The Kier molecular flexibility index (Phi) is 6.17. The Morgan fingerprint density at radius 2 is 1.58 bits per heavy atom. The van der Waals surface area contributed by atoms with Gasteiger partial charge in [-0.1, -0.05) is 70.5 Å². The quantitative estimate of drug-likeness (QED) is 0.476. The van der Waals surface area contributed by atoms with E-state index in [0.29, 0.717) is 5.75 Å². The molecular formula is C21H17BrN2O2. The number of carbonyl (C=O) groups is 1. The highest BCUT2D eigenvalue weighted by Crippen LogP contribution is 2.21. The van der Waals surface area contributed by atoms with Gasteiger partial charge in [0.15, 0.2) is 6.61 Å². The molecule has 26 heavy (non-hydrogen) atoms. The molecule has 0 radical (unpaired) electrons. The van der Waals surface area contributed by atoms with Crippen LogP contribution in [-0.4, -0.2) is 18.7 Å². The number of nitrogens with one attached hydrogen (secondary N) is 1. The Morgan fingerprint density at radius 1 is 0.923 bits per heavy atom. The Labute approximate surface area is 160 Å². The van der Waals surface area contributed by atoms with Crippen LogP contribution in [0.3, 0.4) is 0 Å². The van der Waals surface area contributed by atoms with Crippen molar-refractivity contribution >= 4 is 28.1 Å². The number of hydrazone groups is 1. The van der Waals surface area contributed by atoms with Crippen molar-refractivity contribution in [2.75, 3.05) is 6.61 Å². The molecule has 3 aromatic carbocycles. The van der Waals surface area contributed by atoms with Gasteiger partial charge in [-0.15, -0.1) is 0 Å². The second-order valence-corrected chi connectivity index (χ2v) is 6.44. The molecule has 0 atom stereocenters. The van der Waals surface area contributed by atoms with E-state index in [9.17, 15) is 4.79 Å². The van der Waals surface area contributed by atoms with Gasteiger partial charge in [-0.05, 0) is 41.0 Å². The summed E-state index contributed by atoms with van der Waals surface area (Å²) < 4.78 is 6.48. The van der Waals surface area contributed by atoms with Gasteiger partial charge in [-0.25, -0.2) is 5.43 Å². The van der Waals surface area contributed by atoms with Crippen molar-refractivity contribution in [1.29, 1.82) is 0 Å². The lowest BCUT2D eigenvalue weighted by Crippen LogP contribution is -2.24. The third-order valence-corrected chi connectivity index (χ3v) is 4.13. The molecule has 0 unspecified atom stereocenters. The molecule has 4 nitrogen and oxygen atoms in total. The zero-order valence-corrected chi connectivity index (χ0v) is 15.5. The topological polar surface area (TPSA) is 50.7 Å². The lowest BCUT2D eigenvalue weighted by Gasteiger charge is -2.06. The van der Waals surface area contributed by atoms with Gasteiger partial charge < -0.3 is 4.74 Å². The van der Waals surface area contributed by atoms with Gasteiger partial charge in [0, 0.05) is 4.47 Å². The van der Waals surface area contributed by atoms with E-state index in [1.54, 1.807) is 6.21 Å². The highest BCUT2D eigenvalue weighted by Gasteiger charge is 2.02. The predicted molar refractivity (Wildman–Crippen MR) is 107 cm³/mol. The zero-order valence-electron chi connectivity index (χ0n) is 13.9.